The molecule has 0 radical (unpaired) electrons. The van der Waals surface area contributed by atoms with E-state index in [0.717, 1.165) is 22.6 Å². The van der Waals surface area contributed by atoms with Gasteiger partial charge in [0, 0.05) is 22.1 Å². The predicted octanol–water partition coefficient (Wildman–Crippen LogP) is 4.74. The number of rotatable bonds is 6. The molecular formula is C16H19BrN2S. The summed E-state index contributed by atoms with van der Waals surface area (Å²) in [7, 11) is 0. The van der Waals surface area contributed by atoms with Crippen LogP contribution in [0.1, 0.15) is 19.4 Å². The van der Waals surface area contributed by atoms with Crippen LogP contribution in [0.2, 0.25) is 0 Å². The quantitative estimate of drug-likeness (QED) is 0.814. The Balaban J connectivity index is 2.11. The zero-order chi connectivity index (χ0) is 14.4. The number of hydrogen-bond acceptors (Lipinski definition) is 3. The number of nitrogens with zero attached hydrogens (tertiary/aromatic N) is 1. The van der Waals surface area contributed by atoms with Crippen LogP contribution in [0.25, 0.3) is 0 Å². The van der Waals surface area contributed by atoms with Crippen molar-refractivity contribution in [1.82, 2.24) is 10.3 Å². The lowest BCUT2D eigenvalue weighted by Crippen LogP contribution is -2.19. The summed E-state index contributed by atoms with van der Waals surface area (Å²) in [5.74, 6) is 0.664. The van der Waals surface area contributed by atoms with Crippen molar-refractivity contribution in [3.8, 4) is 0 Å². The standard InChI is InChI=1S/C16H19BrN2S/c1-12(2)10-18-11-13-6-7-14(17)9-15(13)20-16-5-3-4-8-19-16/h3-9,12,18H,10-11H2,1-2H3. The van der Waals surface area contributed by atoms with E-state index in [0.29, 0.717) is 5.92 Å². The summed E-state index contributed by atoms with van der Waals surface area (Å²) < 4.78 is 1.10. The molecule has 0 saturated carbocycles. The van der Waals surface area contributed by atoms with E-state index in [9.17, 15) is 0 Å². The largest absolute Gasteiger partial charge is 0.312 e. The van der Waals surface area contributed by atoms with E-state index in [2.05, 4.69) is 58.3 Å². The first kappa shape index (κ1) is 15.5. The van der Waals surface area contributed by atoms with Gasteiger partial charge in [0.25, 0.3) is 0 Å². The number of benzene rings is 1. The molecular weight excluding hydrogens is 332 g/mol. The maximum Gasteiger partial charge on any atom is 0.101 e. The molecule has 0 unspecified atom stereocenters. The van der Waals surface area contributed by atoms with Crippen molar-refractivity contribution in [2.24, 2.45) is 5.92 Å². The maximum atomic E-state index is 4.38. The third-order valence-corrected chi connectivity index (χ3v) is 4.29. The maximum absolute atomic E-state index is 4.38. The van der Waals surface area contributed by atoms with Crippen LogP contribution in [0.4, 0.5) is 0 Å². The zero-order valence-corrected chi connectivity index (χ0v) is 14.2. The van der Waals surface area contributed by atoms with Crippen molar-refractivity contribution >= 4 is 27.7 Å². The lowest BCUT2D eigenvalue weighted by molar-refractivity contribution is 0.550. The van der Waals surface area contributed by atoms with Crippen LogP contribution in [-0.4, -0.2) is 11.5 Å². The van der Waals surface area contributed by atoms with E-state index in [1.54, 1.807) is 11.8 Å². The molecule has 1 heterocycles. The van der Waals surface area contributed by atoms with Crippen molar-refractivity contribution < 1.29 is 0 Å². The van der Waals surface area contributed by atoms with Crippen LogP contribution in [0.5, 0.6) is 0 Å². The summed E-state index contributed by atoms with van der Waals surface area (Å²) in [4.78, 5) is 5.63. The fourth-order valence-corrected chi connectivity index (χ4v) is 3.24. The monoisotopic (exact) mass is 350 g/mol. The van der Waals surface area contributed by atoms with E-state index < -0.39 is 0 Å². The van der Waals surface area contributed by atoms with Gasteiger partial charge in [0.1, 0.15) is 5.03 Å². The SMILES string of the molecule is CC(C)CNCc1ccc(Br)cc1Sc1ccccn1. The molecule has 0 atom stereocenters. The van der Waals surface area contributed by atoms with Crippen molar-refractivity contribution in [1.29, 1.82) is 0 Å². The first-order valence-electron chi connectivity index (χ1n) is 6.73. The Labute approximate surface area is 133 Å². The summed E-state index contributed by atoms with van der Waals surface area (Å²) in [6, 6.07) is 12.4. The smallest absolute Gasteiger partial charge is 0.101 e. The van der Waals surface area contributed by atoms with Crippen LogP contribution in [0.3, 0.4) is 0 Å². The van der Waals surface area contributed by atoms with Crippen LogP contribution >= 0.6 is 27.7 Å². The Morgan fingerprint density at radius 3 is 2.80 bits per heavy atom. The Morgan fingerprint density at radius 1 is 1.25 bits per heavy atom. The topological polar surface area (TPSA) is 24.9 Å². The second-order valence-corrected chi connectivity index (χ2v) is 7.02. The van der Waals surface area contributed by atoms with Gasteiger partial charge in [-0.25, -0.2) is 4.98 Å². The van der Waals surface area contributed by atoms with Crippen LogP contribution in [-0.2, 0) is 6.54 Å². The molecule has 0 amide bonds. The van der Waals surface area contributed by atoms with E-state index in [1.807, 2.05) is 24.4 Å². The lowest BCUT2D eigenvalue weighted by atomic mass is 10.2. The molecule has 2 nitrogen and oxygen atoms in total. The fourth-order valence-electron chi connectivity index (χ4n) is 1.79. The van der Waals surface area contributed by atoms with Gasteiger partial charge in [0.2, 0.25) is 0 Å². The van der Waals surface area contributed by atoms with Crippen LogP contribution in [0, 0.1) is 5.92 Å². The average Bonchev–Trinajstić information content (AvgIpc) is 2.42. The van der Waals surface area contributed by atoms with Gasteiger partial charge in [-0.2, -0.15) is 0 Å². The van der Waals surface area contributed by atoms with E-state index in [4.69, 9.17) is 0 Å². The second-order valence-electron chi connectivity index (χ2n) is 5.05. The highest BCUT2D eigenvalue weighted by Gasteiger charge is 2.06. The molecule has 4 heteroatoms. The molecule has 0 saturated heterocycles. The number of pyridine rings is 1. The minimum atomic E-state index is 0.664. The molecule has 0 aliphatic heterocycles. The van der Waals surface area contributed by atoms with Crippen molar-refractivity contribution in [3.05, 3.63) is 52.6 Å². The highest BCUT2D eigenvalue weighted by atomic mass is 79.9. The van der Waals surface area contributed by atoms with Gasteiger partial charge < -0.3 is 5.32 Å². The normalized spacial score (nSPS) is 11.0. The van der Waals surface area contributed by atoms with Gasteiger partial charge in [0.05, 0.1) is 0 Å². The van der Waals surface area contributed by atoms with Crippen LogP contribution < -0.4 is 5.32 Å². The van der Waals surface area contributed by atoms with Crippen molar-refractivity contribution in [2.45, 2.75) is 30.3 Å². The Morgan fingerprint density at radius 2 is 2.10 bits per heavy atom. The molecule has 1 aromatic carbocycles. The molecule has 0 aliphatic rings. The van der Waals surface area contributed by atoms with E-state index in [1.165, 1.54) is 10.5 Å². The second kappa shape index (κ2) is 7.81. The van der Waals surface area contributed by atoms with Gasteiger partial charge >= 0.3 is 0 Å². The van der Waals surface area contributed by atoms with Gasteiger partial charge in [-0.05, 0) is 42.3 Å². The summed E-state index contributed by atoms with van der Waals surface area (Å²) in [6.45, 7) is 6.36. The highest BCUT2D eigenvalue weighted by Crippen LogP contribution is 2.31. The summed E-state index contributed by atoms with van der Waals surface area (Å²) in [6.07, 6.45) is 1.83. The van der Waals surface area contributed by atoms with E-state index in [-0.39, 0.29) is 0 Å². The molecule has 0 spiro atoms. The molecule has 1 aromatic heterocycles. The average molecular weight is 351 g/mol. The van der Waals surface area contributed by atoms with Gasteiger partial charge in [0.15, 0.2) is 0 Å². The van der Waals surface area contributed by atoms with Crippen molar-refractivity contribution in [2.75, 3.05) is 6.54 Å². The summed E-state index contributed by atoms with van der Waals surface area (Å²) >= 11 is 5.25. The number of halogens is 1. The van der Waals surface area contributed by atoms with Crippen LogP contribution in [0.15, 0.2) is 57.0 Å². The van der Waals surface area contributed by atoms with E-state index >= 15 is 0 Å². The van der Waals surface area contributed by atoms with Gasteiger partial charge in [-0.15, -0.1) is 0 Å². The number of nitrogens with one attached hydrogen (secondary N) is 1. The van der Waals surface area contributed by atoms with Gasteiger partial charge in [-0.3, -0.25) is 0 Å². The van der Waals surface area contributed by atoms with Gasteiger partial charge in [-0.1, -0.05) is 53.7 Å². The first-order valence-corrected chi connectivity index (χ1v) is 8.34. The molecule has 0 bridgehead atoms. The fraction of sp³-hybridized carbons (Fsp3) is 0.312. The lowest BCUT2D eigenvalue weighted by Gasteiger charge is -2.12. The Hall–Kier alpha value is -0.840. The Bertz CT molecular complexity index is 543. The molecule has 2 rings (SSSR count). The molecule has 0 fully saturated rings. The number of hydrogen-bond donors (Lipinski definition) is 1. The molecule has 106 valence electrons. The predicted molar refractivity (Wildman–Crippen MR) is 89.0 cm³/mol. The highest BCUT2D eigenvalue weighted by molar-refractivity contribution is 9.10. The molecule has 1 N–H and O–H groups in total. The third kappa shape index (κ3) is 4.93. The van der Waals surface area contributed by atoms with Crippen molar-refractivity contribution in [3.63, 3.8) is 0 Å². The third-order valence-electron chi connectivity index (χ3n) is 2.75. The molecule has 0 aliphatic carbocycles. The minimum absolute atomic E-state index is 0.664. The molecule has 2 aromatic rings. The summed E-state index contributed by atoms with van der Waals surface area (Å²) in [5.41, 5.74) is 1.31. The Kier molecular flexibility index (Phi) is 6.07. The molecule has 20 heavy (non-hydrogen) atoms. The number of aromatic nitrogens is 1. The summed E-state index contributed by atoms with van der Waals surface area (Å²) in [5, 5.41) is 4.52. The minimum Gasteiger partial charge on any atom is -0.312 e. The zero-order valence-electron chi connectivity index (χ0n) is 11.8. The first-order chi connectivity index (χ1) is 9.65.